The first kappa shape index (κ1) is 14.1. The fraction of sp³-hybridized carbons (Fsp3) is 0.562. The highest BCUT2D eigenvalue weighted by molar-refractivity contribution is 5.75. The van der Waals surface area contributed by atoms with E-state index in [1.54, 1.807) is 0 Å². The Morgan fingerprint density at radius 3 is 2.21 bits per heavy atom. The number of aliphatic carboxylic acids is 1. The quantitative estimate of drug-likeness (QED) is 0.904. The largest absolute Gasteiger partial charge is 0.480 e. The van der Waals surface area contributed by atoms with Gasteiger partial charge in [0, 0.05) is 0 Å². The zero-order valence-electron chi connectivity index (χ0n) is 11.6. The van der Waals surface area contributed by atoms with Gasteiger partial charge in [0.25, 0.3) is 0 Å². The van der Waals surface area contributed by atoms with E-state index < -0.39 is 12.0 Å². The highest BCUT2D eigenvalue weighted by atomic mass is 16.4. The normalized spacial score (nSPS) is 18.8. The maximum absolute atomic E-state index is 11.6. The molecule has 0 aliphatic carbocycles. The molecule has 1 saturated heterocycles. The van der Waals surface area contributed by atoms with Gasteiger partial charge in [-0.2, -0.15) is 0 Å². The Labute approximate surface area is 115 Å². The Morgan fingerprint density at radius 1 is 1.16 bits per heavy atom. The van der Waals surface area contributed by atoms with Crippen molar-refractivity contribution >= 4 is 5.97 Å². The van der Waals surface area contributed by atoms with Gasteiger partial charge in [-0.15, -0.1) is 0 Å². The first-order valence-corrected chi connectivity index (χ1v) is 7.28. The molecule has 104 valence electrons. The molecule has 1 aromatic rings. The molecule has 0 aromatic heterocycles. The van der Waals surface area contributed by atoms with Crippen molar-refractivity contribution in [3.8, 4) is 0 Å². The van der Waals surface area contributed by atoms with Crippen molar-refractivity contribution in [2.75, 3.05) is 13.1 Å². The summed E-state index contributed by atoms with van der Waals surface area (Å²) >= 11 is 0. The van der Waals surface area contributed by atoms with E-state index in [-0.39, 0.29) is 0 Å². The highest BCUT2D eigenvalue weighted by Gasteiger charge is 2.27. The van der Waals surface area contributed by atoms with Crippen LogP contribution in [0.25, 0.3) is 0 Å². The van der Waals surface area contributed by atoms with E-state index in [9.17, 15) is 9.90 Å². The number of benzene rings is 1. The van der Waals surface area contributed by atoms with Crippen LogP contribution in [0.3, 0.4) is 0 Å². The summed E-state index contributed by atoms with van der Waals surface area (Å²) < 4.78 is 0. The third-order valence-corrected chi connectivity index (χ3v) is 3.94. The minimum atomic E-state index is -0.730. The topological polar surface area (TPSA) is 40.5 Å². The number of carboxylic acid groups (broad SMARTS) is 1. The van der Waals surface area contributed by atoms with Crippen LogP contribution >= 0.6 is 0 Å². The predicted octanol–water partition coefficient (Wildman–Crippen LogP) is 3.25. The van der Waals surface area contributed by atoms with Crippen molar-refractivity contribution < 1.29 is 9.90 Å². The second-order valence-electron chi connectivity index (χ2n) is 5.29. The van der Waals surface area contributed by atoms with Gasteiger partial charge >= 0.3 is 5.97 Å². The third-order valence-electron chi connectivity index (χ3n) is 3.94. The van der Waals surface area contributed by atoms with Crippen LogP contribution < -0.4 is 0 Å². The van der Waals surface area contributed by atoms with Crippen LogP contribution in [0.4, 0.5) is 0 Å². The SMILES string of the molecule is CCc1ccc(C(C(=O)O)N2CCCCCC2)cc1. The minimum absolute atomic E-state index is 0.482. The maximum Gasteiger partial charge on any atom is 0.325 e. The number of carbonyl (C=O) groups is 1. The van der Waals surface area contributed by atoms with Crippen molar-refractivity contribution in [2.24, 2.45) is 0 Å². The molecule has 1 aromatic carbocycles. The van der Waals surface area contributed by atoms with Crippen LogP contribution in [0.1, 0.15) is 49.8 Å². The molecular formula is C16H23NO2. The molecule has 3 nitrogen and oxygen atoms in total. The molecule has 1 fully saturated rings. The molecule has 0 radical (unpaired) electrons. The molecule has 1 unspecified atom stereocenters. The van der Waals surface area contributed by atoms with Gasteiger partial charge in [0.15, 0.2) is 0 Å². The number of aryl methyl sites for hydroxylation is 1. The molecule has 1 heterocycles. The van der Waals surface area contributed by atoms with Crippen LogP contribution in [-0.2, 0) is 11.2 Å². The second kappa shape index (κ2) is 6.71. The van der Waals surface area contributed by atoms with Gasteiger partial charge in [0.1, 0.15) is 6.04 Å². The third kappa shape index (κ3) is 3.57. The average Bonchev–Trinajstić information content (AvgIpc) is 2.68. The molecule has 19 heavy (non-hydrogen) atoms. The number of nitrogens with zero attached hydrogens (tertiary/aromatic N) is 1. The molecule has 1 aliphatic heterocycles. The van der Waals surface area contributed by atoms with Crippen LogP contribution in [0, 0.1) is 0 Å². The molecular weight excluding hydrogens is 238 g/mol. The number of carboxylic acids is 1. The van der Waals surface area contributed by atoms with Crippen LogP contribution in [-0.4, -0.2) is 29.1 Å². The van der Waals surface area contributed by atoms with Gasteiger partial charge in [-0.05, 0) is 43.5 Å². The molecule has 0 saturated carbocycles. The van der Waals surface area contributed by atoms with Crippen LogP contribution in [0.2, 0.25) is 0 Å². The van der Waals surface area contributed by atoms with Gasteiger partial charge in [-0.3, -0.25) is 9.69 Å². The van der Waals surface area contributed by atoms with Gasteiger partial charge in [0.05, 0.1) is 0 Å². The number of hydrogen-bond acceptors (Lipinski definition) is 2. The van der Waals surface area contributed by atoms with E-state index in [1.165, 1.54) is 18.4 Å². The summed E-state index contributed by atoms with van der Waals surface area (Å²) in [4.78, 5) is 13.7. The minimum Gasteiger partial charge on any atom is -0.480 e. The molecule has 1 N–H and O–H groups in total. The molecule has 0 amide bonds. The van der Waals surface area contributed by atoms with Crippen LogP contribution in [0.5, 0.6) is 0 Å². The highest BCUT2D eigenvalue weighted by Crippen LogP contribution is 2.25. The first-order chi connectivity index (χ1) is 9.22. The monoisotopic (exact) mass is 261 g/mol. The molecule has 1 aliphatic rings. The van der Waals surface area contributed by atoms with E-state index in [2.05, 4.69) is 11.8 Å². The zero-order chi connectivity index (χ0) is 13.7. The van der Waals surface area contributed by atoms with Gasteiger partial charge in [0.2, 0.25) is 0 Å². The molecule has 3 heteroatoms. The lowest BCUT2D eigenvalue weighted by molar-refractivity contribution is -0.143. The van der Waals surface area contributed by atoms with E-state index in [4.69, 9.17) is 0 Å². The summed E-state index contributed by atoms with van der Waals surface area (Å²) in [7, 11) is 0. The summed E-state index contributed by atoms with van der Waals surface area (Å²) in [6, 6.07) is 7.56. The van der Waals surface area contributed by atoms with Crippen LogP contribution in [0.15, 0.2) is 24.3 Å². The lowest BCUT2D eigenvalue weighted by Crippen LogP contribution is -2.34. The second-order valence-corrected chi connectivity index (χ2v) is 5.29. The predicted molar refractivity (Wildman–Crippen MR) is 76.2 cm³/mol. The first-order valence-electron chi connectivity index (χ1n) is 7.28. The number of rotatable bonds is 4. The number of hydrogen-bond donors (Lipinski definition) is 1. The van der Waals surface area contributed by atoms with Gasteiger partial charge in [-0.1, -0.05) is 44.0 Å². The molecule has 2 rings (SSSR count). The fourth-order valence-corrected chi connectivity index (χ4v) is 2.80. The Kier molecular flexibility index (Phi) is 4.97. The summed E-state index contributed by atoms with van der Waals surface area (Å²) in [5, 5.41) is 9.56. The summed E-state index contributed by atoms with van der Waals surface area (Å²) in [6.07, 6.45) is 5.64. The summed E-state index contributed by atoms with van der Waals surface area (Å²) in [5.74, 6) is -0.730. The Hall–Kier alpha value is -1.35. The smallest absolute Gasteiger partial charge is 0.325 e. The lowest BCUT2D eigenvalue weighted by Gasteiger charge is -2.27. The van der Waals surface area contributed by atoms with E-state index >= 15 is 0 Å². The summed E-state index contributed by atoms with van der Waals surface area (Å²) in [5.41, 5.74) is 2.16. The molecule has 0 bridgehead atoms. The van der Waals surface area contributed by atoms with E-state index in [0.29, 0.717) is 0 Å². The molecule has 0 spiro atoms. The summed E-state index contributed by atoms with van der Waals surface area (Å²) in [6.45, 7) is 3.90. The maximum atomic E-state index is 11.6. The van der Waals surface area contributed by atoms with E-state index in [0.717, 1.165) is 37.9 Å². The van der Waals surface area contributed by atoms with Crippen molar-refractivity contribution in [3.05, 3.63) is 35.4 Å². The zero-order valence-corrected chi connectivity index (χ0v) is 11.6. The van der Waals surface area contributed by atoms with E-state index in [1.807, 2.05) is 24.3 Å². The fourth-order valence-electron chi connectivity index (χ4n) is 2.80. The lowest BCUT2D eigenvalue weighted by atomic mass is 10.0. The van der Waals surface area contributed by atoms with Crippen molar-refractivity contribution in [2.45, 2.75) is 45.1 Å². The standard InChI is InChI=1S/C16H23NO2/c1-2-13-7-9-14(10-8-13)15(16(18)19)17-11-5-3-4-6-12-17/h7-10,15H,2-6,11-12H2,1H3,(H,18,19). The van der Waals surface area contributed by atoms with Crippen molar-refractivity contribution in [1.29, 1.82) is 0 Å². The Bertz CT molecular complexity index is 405. The Morgan fingerprint density at radius 2 is 1.74 bits per heavy atom. The number of likely N-dealkylation sites (tertiary alicyclic amines) is 1. The van der Waals surface area contributed by atoms with Crippen molar-refractivity contribution in [3.63, 3.8) is 0 Å². The van der Waals surface area contributed by atoms with Crippen molar-refractivity contribution in [1.82, 2.24) is 4.90 Å². The van der Waals surface area contributed by atoms with Gasteiger partial charge in [-0.25, -0.2) is 0 Å². The molecule has 1 atom stereocenters. The average molecular weight is 261 g/mol. The Balaban J connectivity index is 2.20. The van der Waals surface area contributed by atoms with Gasteiger partial charge < -0.3 is 5.11 Å².